The average Bonchev–Trinajstić information content (AvgIpc) is 3.00. The lowest BCUT2D eigenvalue weighted by Crippen LogP contribution is -2.17. The number of nitrogens with one attached hydrogen (secondary N) is 1. The topological polar surface area (TPSA) is 60.3 Å². The smallest absolute Gasteiger partial charge is 0.325 e. The first-order valence-corrected chi connectivity index (χ1v) is 7.70. The first-order chi connectivity index (χ1) is 10.6. The summed E-state index contributed by atoms with van der Waals surface area (Å²) in [6.07, 6.45) is 3.62. The van der Waals surface area contributed by atoms with Gasteiger partial charge >= 0.3 is 5.97 Å². The molecule has 2 heterocycles. The Morgan fingerprint density at radius 1 is 1.45 bits per heavy atom. The highest BCUT2D eigenvalue weighted by atomic mass is 32.2. The van der Waals surface area contributed by atoms with E-state index in [9.17, 15) is 9.59 Å². The molecule has 5 nitrogen and oxygen atoms in total. The summed E-state index contributed by atoms with van der Waals surface area (Å²) in [5.41, 5.74) is 1.77. The molecule has 0 aliphatic carbocycles. The summed E-state index contributed by atoms with van der Waals surface area (Å²) < 4.78 is 6.98. The van der Waals surface area contributed by atoms with Gasteiger partial charge in [-0.1, -0.05) is 42.2 Å². The van der Waals surface area contributed by atoms with Crippen LogP contribution < -0.4 is 5.32 Å². The second kappa shape index (κ2) is 5.94. The molecular weight excluding hydrogens is 320 g/mol. The number of para-hydroxylation sites is 1. The maximum atomic E-state index is 11.8. The number of methoxy groups -OCH3 is 1. The number of thioether (sulfide) groups is 1. The molecule has 0 bridgehead atoms. The van der Waals surface area contributed by atoms with Crippen LogP contribution >= 0.6 is 24.0 Å². The number of fused-ring (bicyclic) bond motifs is 1. The molecule has 7 heteroatoms. The van der Waals surface area contributed by atoms with Crippen LogP contribution in [0.15, 0.2) is 35.4 Å². The SMILES string of the molecule is COC(=O)Cn1cc(/C=C2\SC(=S)NC2=O)c2ccccc21. The van der Waals surface area contributed by atoms with Crippen LogP contribution in [0.2, 0.25) is 0 Å². The molecule has 2 aromatic rings. The number of ether oxygens (including phenoxy) is 1. The molecule has 1 aliphatic rings. The molecule has 0 saturated carbocycles. The van der Waals surface area contributed by atoms with E-state index in [1.807, 2.05) is 35.0 Å². The summed E-state index contributed by atoms with van der Waals surface area (Å²) >= 11 is 6.22. The molecule has 0 spiro atoms. The summed E-state index contributed by atoms with van der Waals surface area (Å²) in [6.45, 7) is 0.123. The largest absolute Gasteiger partial charge is 0.468 e. The fraction of sp³-hybridized carbons (Fsp3) is 0.133. The van der Waals surface area contributed by atoms with Gasteiger partial charge < -0.3 is 14.6 Å². The van der Waals surface area contributed by atoms with Crippen LogP contribution in [0.3, 0.4) is 0 Å². The number of esters is 1. The Bertz CT molecular complexity index is 823. The minimum Gasteiger partial charge on any atom is -0.468 e. The lowest BCUT2D eigenvalue weighted by molar-refractivity contribution is -0.141. The van der Waals surface area contributed by atoms with Crippen LogP contribution in [-0.4, -0.2) is 27.9 Å². The zero-order valence-electron chi connectivity index (χ0n) is 11.7. The van der Waals surface area contributed by atoms with Gasteiger partial charge in [0.15, 0.2) is 0 Å². The van der Waals surface area contributed by atoms with Crippen LogP contribution in [0.25, 0.3) is 17.0 Å². The number of amides is 1. The molecule has 1 aromatic carbocycles. The van der Waals surface area contributed by atoms with Crippen molar-refractivity contribution < 1.29 is 14.3 Å². The van der Waals surface area contributed by atoms with Crippen LogP contribution in [0.1, 0.15) is 5.56 Å². The molecule has 1 aromatic heterocycles. The van der Waals surface area contributed by atoms with Crippen LogP contribution in [0.4, 0.5) is 0 Å². The van der Waals surface area contributed by atoms with Gasteiger partial charge in [-0.25, -0.2) is 0 Å². The fourth-order valence-corrected chi connectivity index (χ4v) is 3.32. The monoisotopic (exact) mass is 332 g/mol. The third kappa shape index (κ3) is 2.77. The van der Waals surface area contributed by atoms with Crippen LogP contribution in [0.5, 0.6) is 0 Å². The number of hydrogen-bond donors (Lipinski definition) is 1. The van der Waals surface area contributed by atoms with E-state index in [-0.39, 0.29) is 18.4 Å². The Morgan fingerprint density at radius 3 is 2.91 bits per heavy atom. The maximum Gasteiger partial charge on any atom is 0.325 e. The van der Waals surface area contributed by atoms with Crippen molar-refractivity contribution in [2.24, 2.45) is 0 Å². The molecule has 0 unspecified atom stereocenters. The molecule has 1 N–H and O–H groups in total. The van der Waals surface area contributed by atoms with Crippen molar-refractivity contribution in [2.45, 2.75) is 6.54 Å². The van der Waals surface area contributed by atoms with Gasteiger partial charge in [-0.05, 0) is 12.1 Å². The number of carbonyl (C=O) groups is 2. The first-order valence-electron chi connectivity index (χ1n) is 6.48. The van der Waals surface area contributed by atoms with Crippen molar-refractivity contribution in [3.8, 4) is 0 Å². The summed E-state index contributed by atoms with van der Waals surface area (Å²) in [7, 11) is 1.36. The number of carbonyl (C=O) groups excluding carboxylic acids is 2. The normalized spacial score (nSPS) is 16.3. The summed E-state index contributed by atoms with van der Waals surface area (Å²) in [5.74, 6) is -0.520. The highest BCUT2D eigenvalue weighted by molar-refractivity contribution is 8.26. The number of hydrogen-bond acceptors (Lipinski definition) is 5. The number of aromatic nitrogens is 1. The highest BCUT2D eigenvalue weighted by Gasteiger charge is 2.22. The van der Waals surface area contributed by atoms with Crippen molar-refractivity contribution in [3.05, 3.63) is 40.9 Å². The van der Waals surface area contributed by atoms with Crippen molar-refractivity contribution >= 4 is 57.2 Å². The zero-order valence-corrected chi connectivity index (χ0v) is 13.3. The van der Waals surface area contributed by atoms with E-state index in [2.05, 4.69) is 5.32 Å². The number of nitrogens with zero attached hydrogens (tertiary/aromatic N) is 1. The van der Waals surface area contributed by atoms with Gasteiger partial charge in [-0.15, -0.1) is 0 Å². The minimum absolute atomic E-state index is 0.123. The molecule has 0 radical (unpaired) electrons. The lowest BCUT2D eigenvalue weighted by Gasteiger charge is -2.02. The molecule has 1 saturated heterocycles. The Labute approximate surface area is 136 Å². The molecule has 3 rings (SSSR count). The third-order valence-corrected chi connectivity index (χ3v) is 4.44. The van der Waals surface area contributed by atoms with E-state index in [0.29, 0.717) is 9.23 Å². The fourth-order valence-electron chi connectivity index (χ4n) is 2.29. The van der Waals surface area contributed by atoms with Gasteiger partial charge in [0.1, 0.15) is 10.9 Å². The second-order valence-corrected chi connectivity index (χ2v) is 6.38. The average molecular weight is 332 g/mol. The summed E-state index contributed by atoms with van der Waals surface area (Å²) in [6, 6.07) is 7.69. The molecule has 0 atom stereocenters. The Hall–Kier alpha value is -2.12. The molecule has 22 heavy (non-hydrogen) atoms. The van der Waals surface area contributed by atoms with Crippen molar-refractivity contribution in [3.63, 3.8) is 0 Å². The Balaban J connectivity index is 2.07. The molecular formula is C15H12N2O3S2. The standard InChI is InChI=1S/C15H12N2O3S2/c1-20-13(18)8-17-7-9(10-4-2-3-5-11(10)17)6-12-14(19)16-15(21)22-12/h2-7H,8H2,1H3,(H,16,19,21)/b12-6-. The quantitative estimate of drug-likeness (QED) is 0.531. The number of benzene rings is 1. The molecule has 1 amide bonds. The van der Waals surface area contributed by atoms with Gasteiger partial charge in [0, 0.05) is 22.7 Å². The highest BCUT2D eigenvalue weighted by Crippen LogP contribution is 2.29. The van der Waals surface area contributed by atoms with Crippen LogP contribution in [-0.2, 0) is 20.9 Å². The molecule has 1 fully saturated rings. The first kappa shape index (κ1) is 14.8. The Kier molecular flexibility index (Phi) is 4.00. The minimum atomic E-state index is -0.325. The van der Waals surface area contributed by atoms with Gasteiger partial charge in [-0.3, -0.25) is 9.59 Å². The van der Waals surface area contributed by atoms with Gasteiger partial charge in [0.05, 0.1) is 12.0 Å². The van der Waals surface area contributed by atoms with E-state index < -0.39 is 0 Å². The van der Waals surface area contributed by atoms with Gasteiger partial charge in [-0.2, -0.15) is 0 Å². The summed E-state index contributed by atoms with van der Waals surface area (Å²) in [4.78, 5) is 23.9. The van der Waals surface area contributed by atoms with Crippen molar-refractivity contribution in [1.29, 1.82) is 0 Å². The molecule has 112 valence electrons. The van der Waals surface area contributed by atoms with Crippen molar-refractivity contribution in [1.82, 2.24) is 9.88 Å². The molecule has 1 aliphatic heterocycles. The second-order valence-electron chi connectivity index (χ2n) is 4.66. The van der Waals surface area contributed by atoms with E-state index in [1.165, 1.54) is 18.9 Å². The number of rotatable bonds is 3. The maximum absolute atomic E-state index is 11.8. The van der Waals surface area contributed by atoms with E-state index in [1.54, 1.807) is 6.08 Å². The van der Waals surface area contributed by atoms with Gasteiger partial charge in [0.2, 0.25) is 0 Å². The van der Waals surface area contributed by atoms with Gasteiger partial charge in [0.25, 0.3) is 5.91 Å². The zero-order chi connectivity index (χ0) is 15.7. The van der Waals surface area contributed by atoms with Crippen molar-refractivity contribution in [2.75, 3.05) is 7.11 Å². The van der Waals surface area contributed by atoms with E-state index in [4.69, 9.17) is 17.0 Å². The third-order valence-electron chi connectivity index (χ3n) is 3.28. The van der Waals surface area contributed by atoms with Crippen LogP contribution in [0, 0.1) is 0 Å². The predicted molar refractivity (Wildman–Crippen MR) is 90.3 cm³/mol. The van der Waals surface area contributed by atoms with E-state index in [0.717, 1.165) is 16.5 Å². The van der Waals surface area contributed by atoms with E-state index >= 15 is 0 Å². The Morgan fingerprint density at radius 2 is 2.23 bits per heavy atom. The number of thiocarbonyl (C=S) groups is 1. The summed E-state index contributed by atoms with van der Waals surface area (Å²) in [5, 5.41) is 3.55. The lowest BCUT2D eigenvalue weighted by atomic mass is 10.1. The predicted octanol–water partition coefficient (Wildman–Crippen LogP) is 2.30.